The second kappa shape index (κ2) is 9.24. The topological polar surface area (TPSA) is 77.5 Å². The number of alkyl halides is 1. The molecule has 0 radical (unpaired) electrons. The molecule has 0 saturated carbocycles. The molecule has 2 atom stereocenters. The van der Waals surface area contributed by atoms with Crippen molar-refractivity contribution in [3.05, 3.63) is 55.0 Å². The fraction of sp³-hybridized carbons (Fsp3) is 0.360. The summed E-state index contributed by atoms with van der Waals surface area (Å²) in [6, 6.07) is 11.6. The average molecular weight is 462 g/mol. The number of carbonyl (C=O) groups excluding carboxylic acids is 1. The van der Waals surface area contributed by atoms with Gasteiger partial charge in [0.1, 0.15) is 6.17 Å². The summed E-state index contributed by atoms with van der Waals surface area (Å²) in [4.78, 5) is 32.4. The second-order valence-corrected chi connectivity index (χ2v) is 8.87. The predicted octanol–water partition coefficient (Wildman–Crippen LogP) is 4.35. The molecule has 0 aliphatic carbocycles. The van der Waals surface area contributed by atoms with E-state index in [0.717, 1.165) is 35.6 Å². The van der Waals surface area contributed by atoms with E-state index in [9.17, 15) is 9.18 Å². The van der Waals surface area contributed by atoms with Gasteiger partial charge in [-0.2, -0.15) is 0 Å². The van der Waals surface area contributed by atoms with E-state index in [1.165, 1.54) is 12.4 Å². The number of fused-ring (bicyclic) bond motifs is 1. The average Bonchev–Trinajstić information content (AvgIpc) is 3.24. The van der Waals surface area contributed by atoms with Crippen molar-refractivity contribution in [1.29, 1.82) is 0 Å². The van der Waals surface area contributed by atoms with Gasteiger partial charge >= 0.3 is 6.03 Å². The molecule has 2 aromatic heterocycles. The molecule has 4 heterocycles. The first-order valence-electron chi connectivity index (χ1n) is 11.6. The highest BCUT2D eigenvalue weighted by Gasteiger charge is 2.31. The third kappa shape index (κ3) is 4.37. The van der Waals surface area contributed by atoms with Gasteiger partial charge in [-0.3, -0.25) is 15.2 Å². The molecule has 9 heteroatoms. The van der Waals surface area contributed by atoms with Gasteiger partial charge in [0, 0.05) is 56.4 Å². The van der Waals surface area contributed by atoms with E-state index in [0.29, 0.717) is 31.1 Å². The molecule has 8 nitrogen and oxygen atoms in total. The molecule has 2 amide bonds. The molecule has 176 valence electrons. The molecule has 1 N–H and O–H groups in total. The summed E-state index contributed by atoms with van der Waals surface area (Å²) in [5.74, 6) is 0.987. The Balaban J connectivity index is 1.51. The van der Waals surface area contributed by atoms with E-state index >= 15 is 0 Å². The summed E-state index contributed by atoms with van der Waals surface area (Å²) in [7, 11) is 2.01. The molecule has 0 bridgehead atoms. The number of anilines is 4. The second-order valence-electron chi connectivity index (χ2n) is 8.87. The number of urea groups is 1. The third-order valence-electron chi connectivity index (χ3n) is 6.47. The van der Waals surface area contributed by atoms with Crippen LogP contribution in [0.5, 0.6) is 0 Å². The first-order chi connectivity index (χ1) is 16.5. The number of rotatable bonds is 3. The highest BCUT2D eigenvalue weighted by molar-refractivity contribution is 6.03. The number of amides is 2. The molecule has 0 unspecified atom stereocenters. The van der Waals surface area contributed by atoms with Crippen molar-refractivity contribution < 1.29 is 9.18 Å². The van der Waals surface area contributed by atoms with Crippen LogP contribution in [0.2, 0.25) is 0 Å². The minimum absolute atomic E-state index is 0.0689. The number of nitrogens with zero attached hydrogens (tertiary/aromatic N) is 6. The summed E-state index contributed by atoms with van der Waals surface area (Å²) in [6.07, 6.45) is 5.19. The van der Waals surface area contributed by atoms with Gasteiger partial charge in [0.2, 0.25) is 0 Å². The first-order valence-corrected chi connectivity index (χ1v) is 11.6. The molecule has 1 aromatic carbocycles. The van der Waals surface area contributed by atoms with Crippen LogP contribution >= 0.6 is 0 Å². The number of nitrogens with one attached hydrogen (secondary N) is 1. The van der Waals surface area contributed by atoms with Crippen molar-refractivity contribution in [2.75, 3.05) is 46.7 Å². The number of benzene rings is 1. The summed E-state index contributed by atoms with van der Waals surface area (Å²) in [6.45, 7) is 3.95. The van der Waals surface area contributed by atoms with E-state index in [1.807, 2.05) is 50.4 Å². The van der Waals surface area contributed by atoms with Crippen molar-refractivity contribution in [2.45, 2.75) is 32.0 Å². The fourth-order valence-corrected chi connectivity index (χ4v) is 4.56. The minimum Gasteiger partial charge on any atom is -0.372 e. The van der Waals surface area contributed by atoms with Crippen molar-refractivity contribution in [3.8, 4) is 11.3 Å². The normalized spacial score (nSPS) is 20.1. The maximum atomic E-state index is 13.7. The Kier molecular flexibility index (Phi) is 6.00. The number of carbonyl (C=O) groups is 1. The number of halogens is 1. The van der Waals surface area contributed by atoms with Crippen LogP contribution in [0, 0.1) is 0 Å². The molecule has 0 spiro atoms. The van der Waals surface area contributed by atoms with Gasteiger partial charge in [-0.15, -0.1) is 0 Å². The molecule has 2 aliphatic heterocycles. The Bertz CT molecular complexity index is 1170. The Morgan fingerprint density at radius 3 is 2.79 bits per heavy atom. The van der Waals surface area contributed by atoms with Crippen molar-refractivity contribution >= 4 is 29.0 Å². The molecular weight excluding hydrogens is 433 g/mol. The Morgan fingerprint density at radius 2 is 2.03 bits per heavy atom. The first kappa shape index (κ1) is 22.1. The van der Waals surface area contributed by atoms with Gasteiger partial charge in [0.25, 0.3) is 0 Å². The zero-order valence-corrected chi connectivity index (χ0v) is 19.4. The van der Waals surface area contributed by atoms with E-state index in [4.69, 9.17) is 4.98 Å². The lowest BCUT2D eigenvalue weighted by Crippen LogP contribution is -2.42. The van der Waals surface area contributed by atoms with Gasteiger partial charge in [0.15, 0.2) is 11.6 Å². The number of pyridine rings is 1. The van der Waals surface area contributed by atoms with E-state index in [1.54, 1.807) is 11.1 Å². The fourth-order valence-electron chi connectivity index (χ4n) is 4.56. The smallest absolute Gasteiger partial charge is 0.329 e. The van der Waals surface area contributed by atoms with Gasteiger partial charge in [-0.25, -0.2) is 19.2 Å². The maximum absolute atomic E-state index is 13.7. The Hall–Kier alpha value is -3.75. The van der Waals surface area contributed by atoms with E-state index in [2.05, 4.69) is 25.1 Å². The lowest BCUT2D eigenvalue weighted by Gasteiger charge is -2.28. The highest BCUT2D eigenvalue weighted by atomic mass is 19.1. The molecular formula is C25H28FN7O. The molecule has 2 aliphatic rings. The van der Waals surface area contributed by atoms with Crippen molar-refractivity contribution in [2.24, 2.45) is 0 Å². The number of hydrogen-bond acceptors (Lipinski definition) is 6. The van der Waals surface area contributed by atoms with Crippen LogP contribution in [-0.4, -0.2) is 59.9 Å². The molecule has 1 fully saturated rings. The van der Waals surface area contributed by atoms with Gasteiger partial charge in [-0.1, -0.05) is 12.1 Å². The summed E-state index contributed by atoms with van der Waals surface area (Å²) in [5.41, 5.74) is 3.56. The van der Waals surface area contributed by atoms with Crippen LogP contribution in [0.15, 0.2) is 55.0 Å². The molecule has 5 rings (SSSR count). The van der Waals surface area contributed by atoms with Crippen LogP contribution in [0.25, 0.3) is 11.3 Å². The monoisotopic (exact) mass is 461 g/mol. The van der Waals surface area contributed by atoms with E-state index < -0.39 is 6.17 Å². The summed E-state index contributed by atoms with van der Waals surface area (Å²) in [5, 5.41) is 2.85. The van der Waals surface area contributed by atoms with Crippen LogP contribution in [0.1, 0.15) is 19.8 Å². The van der Waals surface area contributed by atoms with Crippen molar-refractivity contribution in [1.82, 2.24) is 15.0 Å². The lowest BCUT2D eigenvalue weighted by atomic mass is 10.1. The van der Waals surface area contributed by atoms with Crippen LogP contribution < -0.4 is 20.0 Å². The Labute approximate surface area is 198 Å². The van der Waals surface area contributed by atoms with Crippen LogP contribution in [0.4, 0.5) is 32.2 Å². The quantitative estimate of drug-likeness (QED) is 0.625. The number of hydrogen-bond donors (Lipinski definition) is 1. The standard InChI is InChI=1S/C25H28FN7O/c1-17-8-12-31(2)22-7-6-21(18-4-3-5-20(14-18)32-13-9-19(26)16-32)29-24(22)33(17)25(34)30-23-15-27-10-11-28-23/h3-7,10-11,14-15,17,19H,8-9,12-13,16H2,1-2H3,(H,28,30,34)/t17-,19+/m1/s1. The zero-order valence-electron chi connectivity index (χ0n) is 19.4. The lowest BCUT2D eigenvalue weighted by molar-refractivity contribution is 0.255. The maximum Gasteiger partial charge on any atom is 0.329 e. The third-order valence-corrected chi connectivity index (χ3v) is 6.47. The zero-order chi connectivity index (χ0) is 23.7. The molecule has 1 saturated heterocycles. The SMILES string of the molecule is C[C@@H]1CCN(C)c2ccc(-c3cccc(N4CC[C@H](F)C4)c3)nc2N1C(=O)Nc1cnccn1. The Morgan fingerprint density at radius 1 is 1.15 bits per heavy atom. The molecule has 3 aromatic rings. The minimum atomic E-state index is -0.785. The van der Waals surface area contributed by atoms with E-state index in [-0.39, 0.29) is 12.1 Å². The predicted molar refractivity (Wildman–Crippen MR) is 132 cm³/mol. The van der Waals surface area contributed by atoms with Crippen LogP contribution in [0.3, 0.4) is 0 Å². The summed E-state index contributed by atoms with van der Waals surface area (Å²) < 4.78 is 13.7. The molecule has 34 heavy (non-hydrogen) atoms. The number of aromatic nitrogens is 3. The van der Waals surface area contributed by atoms with Gasteiger partial charge in [0.05, 0.1) is 17.6 Å². The van der Waals surface area contributed by atoms with Crippen LogP contribution in [-0.2, 0) is 0 Å². The largest absolute Gasteiger partial charge is 0.372 e. The van der Waals surface area contributed by atoms with Gasteiger partial charge in [-0.05, 0) is 44.0 Å². The van der Waals surface area contributed by atoms with Crippen molar-refractivity contribution in [3.63, 3.8) is 0 Å². The summed E-state index contributed by atoms with van der Waals surface area (Å²) >= 11 is 0. The van der Waals surface area contributed by atoms with Gasteiger partial charge < -0.3 is 9.80 Å². The highest BCUT2D eigenvalue weighted by Crippen LogP contribution is 2.36.